The predicted octanol–water partition coefficient (Wildman–Crippen LogP) is 3.30. The fourth-order valence-electron chi connectivity index (χ4n) is 2.30. The monoisotopic (exact) mass is 329 g/mol. The molecule has 0 atom stereocenters. The lowest BCUT2D eigenvalue weighted by molar-refractivity contribution is 0.00578. The number of hydrogen-bond acceptors (Lipinski definition) is 4. The molecule has 1 aromatic heterocycles. The zero-order chi connectivity index (χ0) is 16.7. The molecule has 0 spiro atoms. The summed E-state index contributed by atoms with van der Waals surface area (Å²) in [5, 5.41) is 4.77. The number of benzene rings is 1. The summed E-state index contributed by atoms with van der Waals surface area (Å²) in [6.45, 7) is 8.12. The lowest BCUT2D eigenvalue weighted by Gasteiger charge is -2.32. The van der Waals surface area contributed by atoms with E-state index in [9.17, 15) is 4.79 Å². The van der Waals surface area contributed by atoms with Crippen LogP contribution in [0.15, 0.2) is 41.8 Å². The van der Waals surface area contributed by atoms with Gasteiger partial charge in [-0.3, -0.25) is 4.79 Å². The maximum Gasteiger partial charge on any atom is 0.494 e. The van der Waals surface area contributed by atoms with E-state index in [-0.39, 0.29) is 24.2 Å². The molecule has 0 saturated carbocycles. The summed E-state index contributed by atoms with van der Waals surface area (Å²) < 4.78 is 12.0. The third-order valence-corrected chi connectivity index (χ3v) is 5.31. The van der Waals surface area contributed by atoms with Crippen LogP contribution in [0.5, 0.6) is 0 Å². The summed E-state index contributed by atoms with van der Waals surface area (Å²) in [6, 6.07) is 11.2. The molecule has 1 aliphatic heterocycles. The van der Waals surface area contributed by atoms with E-state index in [0.29, 0.717) is 4.88 Å². The van der Waals surface area contributed by atoms with Crippen molar-refractivity contribution in [3.8, 4) is 0 Å². The molecule has 2 heterocycles. The average molecular weight is 329 g/mol. The van der Waals surface area contributed by atoms with Crippen LogP contribution in [0.25, 0.3) is 0 Å². The Kier molecular flexibility index (Phi) is 4.08. The van der Waals surface area contributed by atoms with Crippen LogP contribution in [0.2, 0.25) is 0 Å². The van der Waals surface area contributed by atoms with Crippen molar-refractivity contribution < 1.29 is 14.1 Å². The van der Waals surface area contributed by atoms with Crippen LogP contribution in [-0.2, 0) is 9.31 Å². The van der Waals surface area contributed by atoms with Gasteiger partial charge in [-0.1, -0.05) is 18.2 Å². The molecule has 23 heavy (non-hydrogen) atoms. The van der Waals surface area contributed by atoms with Crippen molar-refractivity contribution in [3.05, 3.63) is 46.7 Å². The maximum absolute atomic E-state index is 12.0. The smallest absolute Gasteiger partial charge is 0.399 e. The third-order valence-electron chi connectivity index (χ3n) is 4.44. The SMILES string of the molecule is CC1(C)OB(c2ccc(NC(=O)c3cccs3)cc2)OC1(C)C. The summed E-state index contributed by atoms with van der Waals surface area (Å²) in [4.78, 5) is 12.7. The Morgan fingerprint density at radius 2 is 1.65 bits per heavy atom. The van der Waals surface area contributed by atoms with Crippen molar-refractivity contribution in [2.24, 2.45) is 0 Å². The Morgan fingerprint density at radius 1 is 1.04 bits per heavy atom. The van der Waals surface area contributed by atoms with E-state index in [0.717, 1.165) is 11.2 Å². The van der Waals surface area contributed by atoms with E-state index in [4.69, 9.17) is 9.31 Å². The Morgan fingerprint density at radius 3 is 2.17 bits per heavy atom. The molecule has 1 N–H and O–H groups in total. The number of hydrogen-bond donors (Lipinski definition) is 1. The first-order valence-electron chi connectivity index (χ1n) is 7.59. The molecule has 0 aliphatic carbocycles. The van der Waals surface area contributed by atoms with Crippen molar-refractivity contribution >= 4 is 35.5 Å². The van der Waals surface area contributed by atoms with Gasteiger partial charge in [0.25, 0.3) is 5.91 Å². The topological polar surface area (TPSA) is 47.6 Å². The first kappa shape index (κ1) is 16.2. The molecule has 3 rings (SSSR count). The van der Waals surface area contributed by atoms with Crippen LogP contribution in [-0.4, -0.2) is 24.2 Å². The number of rotatable bonds is 3. The second kappa shape index (κ2) is 5.78. The van der Waals surface area contributed by atoms with Crippen molar-refractivity contribution in [1.29, 1.82) is 0 Å². The van der Waals surface area contributed by atoms with Gasteiger partial charge in [0, 0.05) is 5.69 Å². The van der Waals surface area contributed by atoms with E-state index in [1.807, 2.05) is 63.4 Å². The molecule has 1 aliphatic rings. The summed E-state index contributed by atoms with van der Waals surface area (Å²) in [5.74, 6) is -0.0941. The number of thiophene rings is 1. The van der Waals surface area contributed by atoms with Gasteiger partial charge in [0.2, 0.25) is 0 Å². The third kappa shape index (κ3) is 3.20. The van der Waals surface area contributed by atoms with Gasteiger partial charge in [-0.15, -0.1) is 11.3 Å². The van der Waals surface area contributed by atoms with Gasteiger partial charge in [-0.2, -0.15) is 0 Å². The fourth-order valence-corrected chi connectivity index (χ4v) is 2.92. The Bertz CT molecular complexity index is 679. The van der Waals surface area contributed by atoms with Crippen molar-refractivity contribution in [3.63, 3.8) is 0 Å². The summed E-state index contributed by atoms with van der Waals surface area (Å²) >= 11 is 1.42. The van der Waals surface area contributed by atoms with Gasteiger partial charge in [-0.05, 0) is 56.7 Å². The molecule has 4 nitrogen and oxygen atoms in total. The second-order valence-corrected chi connectivity index (χ2v) is 7.59. The minimum absolute atomic E-state index is 0.0941. The number of carbonyl (C=O) groups is 1. The standard InChI is InChI=1S/C17H20BNO3S/c1-16(2)17(3,4)22-18(21-16)12-7-9-13(10-8-12)19-15(20)14-6-5-11-23-14/h5-11H,1-4H3,(H,19,20). The highest BCUT2D eigenvalue weighted by atomic mass is 32.1. The predicted molar refractivity (Wildman–Crippen MR) is 94.4 cm³/mol. The van der Waals surface area contributed by atoms with E-state index >= 15 is 0 Å². The van der Waals surface area contributed by atoms with E-state index in [2.05, 4.69) is 5.32 Å². The van der Waals surface area contributed by atoms with Gasteiger partial charge in [-0.25, -0.2) is 0 Å². The zero-order valence-electron chi connectivity index (χ0n) is 13.8. The van der Waals surface area contributed by atoms with Crippen molar-refractivity contribution in [1.82, 2.24) is 0 Å². The molecule has 0 unspecified atom stereocenters. The molecular formula is C17H20BNO3S. The molecule has 6 heteroatoms. The summed E-state index contributed by atoms with van der Waals surface area (Å²) in [7, 11) is -0.387. The minimum Gasteiger partial charge on any atom is -0.399 e. The van der Waals surface area contributed by atoms with Crippen LogP contribution in [0.4, 0.5) is 5.69 Å². The molecule has 2 aromatic rings. The first-order valence-corrected chi connectivity index (χ1v) is 8.47. The Balaban J connectivity index is 1.70. The molecule has 0 bridgehead atoms. The molecule has 0 radical (unpaired) electrons. The highest BCUT2D eigenvalue weighted by Gasteiger charge is 2.51. The van der Waals surface area contributed by atoms with E-state index in [1.165, 1.54) is 11.3 Å². The van der Waals surface area contributed by atoms with Crippen molar-refractivity contribution in [2.45, 2.75) is 38.9 Å². The van der Waals surface area contributed by atoms with Gasteiger partial charge < -0.3 is 14.6 Å². The van der Waals surface area contributed by atoms with Gasteiger partial charge in [0.1, 0.15) is 0 Å². The number of carbonyl (C=O) groups excluding carboxylic acids is 1. The molecule has 1 fully saturated rings. The van der Waals surface area contributed by atoms with Crippen LogP contribution < -0.4 is 10.8 Å². The molecular weight excluding hydrogens is 309 g/mol. The molecule has 1 amide bonds. The van der Waals surface area contributed by atoms with Crippen LogP contribution in [0.3, 0.4) is 0 Å². The number of anilines is 1. The fraction of sp³-hybridized carbons (Fsp3) is 0.353. The number of nitrogens with one attached hydrogen (secondary N) is 1. The van der Waals surface area contributed by atoms with Gasteiger partial charge in [0.15, 0.2) is 0 Å². The molecule has 120 valence electrons. The first-order chi connectivity index (χ1) is 10.8. The second-order valence-electron chi connectivity index (χ2n) is 6.64. The zero-order valence-corrected chi connectivity index (χ0v) is 14.6. The van der Waals surface area contributed by atoms with E-state index in [1.54, 1.807) is 6.07 Å². The maximum atomic E-state index is 12.0. The highest BCUT2D eigenvalue weighted by molar-refractivity contribution is 7.12. The van der Waals surface area contributed by atoms with Crippen LogP contribution in [0.1, 0.15) is 37.4 Å². The quantitative estimate of drug-likeness (QED) is 0.879. The highest BCUT2D eigenvalue weighted by Crippen LogP contribution is 2.36. The summed E-state index contributed by atoms with van der Waals surface area (Å²) in [6.07, 6.45) is 0. The largest absolute Gasteiger partial charge is 0.494 e. The Hall–Kier alpha value is -1.63. The molecule has 1 aromatic carbocycles. The lowest BCUT2D eigenvalue weighted by Crippen LogP contribution is -2.41. The van der Waals surface area contributed by atoms with Crippen LogP contribution in [0, 0.1) is 0 Å². The van der Waals surface area contributed by atoms with Gasteiger partial charge in [0.05, 0.1) is 16.1 Å². The van der Waals surface area contributed by atoms with E-state index < -0.39 is 0 Å². The minimum atomic E-state index is -0.387. The number of amides is 1. The van der Waals surface area contributed by atoms with Crippen molar-refractivity contribution in [2.75, 3.05) is 5.32 Å². The lowest BCUT2D eigenvalue weighted by atomic mass is 9.79. The molecule has 1 saturated heterocycles. The summed E-state index contributed by atoms with van der Waals surface area (Å²) in [5.41, 5.74) is 0.981. The normalized spacial score (nSPS) is 18.9. The van der Waals surface area contributed by atoms with Crippen LogP contribution >= 0.6 is 11.3 Å². The Labute approximate surface area is 141 Å². The average Bonchev–Trinajstić information content (AvgIpc) is 3.07. The van der Waals surface area contributed by atoms with Gasteiger partial charge >= 0.3 is 7.12 Å².